The lowest BCUT2D eigenvalue weighted by atomic mass is 9.77. The van der Waals surface area contributed by atoms with E-state index in [1.54, 1.807) is 18.3 Å². The van der Waals surface area contributed by atoms with Gasteiger partial charge in [-0.3, -0.25) is 9.59 Å². The highest BCUT2D eigenvalue weighted by atomic mass is 35.5. The highest BCUT2D eigenvalue weighted by molar-refractivity contribution is 6.30. The minimum atomic E-state index is -0.444. The number of aryl methyl sites for hydroxylation is 1. The van der Waals surface area contributed by atoms with E-state index in [9.17, 15) is 9.59 Å². The van der Waals surface area contributed by atoms with Gasteiger partial charge in [0.15, 0.2) is 0 Å². The Morgan fingerprint density at radius 1 is 1.12 bits per heavy atom. The molecule has 0 aliphatic carbocycles. The molecule has 0 bridgehead atoms. The van der Waals surface area contributed by atoms with Crippen LogP contribution in [-0.4, -0.2) is 89.0 Å². The first kappa shape index (κ1) is 24.5. The first-order valence-electron chi connectivity index (χ1n) is 11.9. The Hall–Kier alpha value is -2.58. The molecular formula is C25H34ClN5O3. The fraction of sp³-hybridized carbons (Fsp3) is 0.560. The number of aromatic nitrogens is 2. The van der Waals surface area contributed by atoms with E-state index < -0.39 is 5.41 Å². The molecule has 0 radical (unpaired) electrons. The summed E-state index contributed by atoms with van der Waals surface area (Å²) < 4.78 is 8.03. The average Bonchev–Trinajstić information content (AvgIpc) is 3.22. The van der Waals surface area contributed by atoms with Crippen LogP contribution in [0.2, 0.25) is 5.02 Å². The fourth-order valence-corrected chi connectivity index (χ4v) is 5.01. The Labute approximate surface area is 206 Å². The highest BCUT2D eigenvalue weighted by Crippen LogP contribution is 2.36. The number of rotatable bonds is 7. The van der Waals surface area contributed by atoms with Gasteiger partial charge in [0.1, 0.15) is 18.1 Å². The molecule has 4 rings (SSSR count). The van der Waals surface area contributed by atoms with Gasteiger partial charge in [-0.2, -0.15) is 0 Å². The molecule has 2 saturated heterocycles. The molecule has 2 aliphatic heterocycles. The maximum absolute atomic E-state index is 13.3. The Bertz CT molecular complexity index is 1000. The van der Waals surface area contributed by atoms with Crippen LogP contribution >= 0.6 is 11.6 Å². The van der Waals surface area contributed by atoms with Gasteiger partial charge in [0.2, 0.25) is 11.8 Å². The highest BCUT2D eigenvalue weighted by Gasteiger charge is 2.41. The molecule has 8 nitrogen and oxygen atoms in total. The maximum atomic E-state index is 13.3. The second-order valence-corrected chi connectivity index (χ2v) is 10.1. The molecule has 2 fully saturated rings. The molecule has 34 heavy (non-hydrogen) atoms. The third kappa shape index (κ3) is 6.10. The number of amides is 2. The molecule has 2 aliphatic rings. The van der Waals surface area contributed by atoms with Gasteiger partial charge < -0.3 is 24.0 Å². The lowest BCUT2D eigenvalue weighted by molar-refractivity contribution is -0.142. The first-order valence-corrected chi connectivity index (χ1v) is 12.3. The number of benzene rings is 1. The van der Waals surface area contributed by atoms with Gasteiger partial charge >= 0.3 is 0 Å². The third-order valence-corrected chi connectivity index (χ3v) is 7.20. The Kier molecular flexibility index (Phi) is 7.78. The smallest absolute Gasteiger partial charge is 0.242 e. The maximum Gasteiger partial charge on any atom is 0.242 e. The summed E-state index contributed by atoms with van der Waals surface area (Å²) >= 11 is 6.14. The number of likely N-dealkylation sites (N-methyl/N-ethyl adjacent to an activating group) is 1. The molecule has 3 heterocycles. The molecule has 2 aromatic rings. The van der Waals surface area contributed by atoms with E-state index in [1.807, 2.05) is 39.6 Å². The predicted molar refractivity (Wildman–Crippen MR) is 131 cm³/mol. The van der Waals surface area contributed by atoms with Gasteiger partial charge in [-0.05, 0) is 45.0 Å². The molecule has 0 spiro atoms. The zero-order valence-corrected chi connectivity index (χ0v) is 20.8. The van der Waals surface area contributed by atoms with E-state index in [1.165, 1.54) is 0 Å². The van der Waals surface area contributed by atoms with Crippen molar-refractivity contribution in [1.29, 1.82) is 0 Å². The summed E-state index contributed by atoms with van der Waals surface area (Å²) in [6, 6.07) is 7.31. The van der Waals surface area contributed by atoms with Gasteiger partial charge in [0, 0.05) is 68.5 Å². The minimum Gasteiger partial charge on any atom is -0.493 e. The number of imidazole rings is 1. The average molecular weight is 488 g/mol. The van der Waals surface area contributed by atoms with Crippen molar-refractivity contribution in [3.05, 3.63) is 47.5 Å². The summed E-state index contributed by atoms with van der Waals surface area (Å²) in [5, 5.41) is 0.608. The summed E-state index contributed by atoms with van der Waals surface area (Å²) in [5.41, 5.74) is -0.444. The summed E-state index contributed by atoms with van der Waals surface area (Å²) in [5.74, 6) is 1.67. The SMILES string of the molecule is Cc1nccn1CC(=O)N1CCCC(COc2cccc(Cl)c2)(CC(=O)N2CCN(C)CC2)C1. The topological polar surface area (TPSA) is 70.9 Å². The lowest BCUT2D eigenvalue weighted by Gasteiger charge is -2.43. The fourth-order valence-electron chi connectivity index (χ4n) is 4.83. The number of hydrogen-bond acceptors (Lipinski definition) is 5. The van der Waals surface area contributed by atoms with Crippen molar-refractivity contribution in [1.82, 2.24) is 24.3 Å². The largest absolute Gasteiger partial charge is 0.493 e. The van der Waals surface area contributed by atoms with Crippen LogP contribution in [0.25, 0.3) is 0 Å². The van der Waals surface area contributed by atoms with Crippen molar-refractivity contribution in [2.45, 2.75) is 32.7 Å². The molecule has 1 unspecified atom stereocenters. The number of nitrogens with zero attached hydrogens (tertiary/aromatic N) is 5. The van der Waals surface area contributed by atoms with E-state index in [-0.39, 0.29) is 18.4 Å². The molecular weight excluding hydrogens is 454 g/mol. The summed E-state index contributed by atoms with van der Waals surface area (Å²) in [7, 11) is 2.08. The van der Waals surface area contributed by atoms with Crippen molar-refractivity contribution in [3.63, 3.8) is 0 Å². The van der Waals surface area contributed by atoms with Crippen LogP contribution in [0, 0.1) is 12.3 Å². The molecule has 0 saturated carbocycles. The Morgan fingerprint density at radius 3 is 2.62 bits per heavy atom. The Morgan fingerprint density at radius 2 is 1.91 bits per heavy atom. The number of piperazine rings is 1. The quantitative estimate of drug-likeness (QED) is 0.600. The predicted octanol–water partition coefficient (Wildman–Crippen LogP) is 2.70. The molecule has 1 aromatic carbocycles. The molecule has 0 N–H and O–H groups in total. The van der Waals surface area contributed by atoms with E-state index in [2.05, 4.69) is 16.9 Å². The molecule has 1 atom stereocenters. The van der Waals surface area contributed by atoms with E-state index in [0.29, 0.717) is 36.9 Å². The molecule has 9 heteroatoms. The van der Waals surface area contributed by atoms with Gasteiger partial charge in [-0.25, -0.2) is 4.98 Å². The monoisotopic (exact) mass is 487 g/mol. The summed E-state index contributed by atoms with van der Waals surface area (Å²) in [6.07, 6.45) is 5.57. The van der Waals surface area contributed by atoms with Crippen LogP contribution in [-0.2, 0) is 16.1 Å². The van der Waals surface area contributed by atoms with Crippen molar-refractivity contribution in [3.8, 4) is 5.75 Å². The van der Waals surface area contributed by atoms with Gasteiger partial charge in [0.05, 0.1) is 6.61 Å². The van der Waals surface area contributed by atoms with Crippen molar-refractivity contribution in [2.24, 2.45) is 5.41 Å². The number of ether oxygens (including phenoxy) is 1. The number of likely N-dealkylation sites (tertiary alicyclic amines) is 1. The second kappa shape index (κ2) is 10.8. The first-order chi connectivity index (χ1) is 16.3. The standard InChI is InChI=1S/C25H34ClN5O3/c1-20-27-8-10-30(20)17-24(33)31-9-4-7-25(18-31,19-34-22-6-3-5-21(26)15-22)16-23(32)29-13-11-28(2)12-14-29/h3,5-6,8,10,15H,4,7,9,11-14,16-19H2,1-2H3. The van der Waals surface area contributed by atoms with Gasteiger partial charge in [0.25, 0.3) is 0 Å². The van der Waals surface area contributed by atoms with Crippen LogP contribution in [0.5, 0.6) is 5.75 Å². The third-order valence-electron chi connectivity index (χ3n) is 6.97. The van der Waals surface area contributed by atoms with Crippen molar-refractivity contribution >= 4 is 23.4 Å². The normalized spacial score (nSPS) is 21.5. The zero-order valence-electron chi connectivity index (χ0n) is 20.1. The van der Waals surface area contributed by atoms with Crippen LogP contribution in [0.3, 0.4) is 0 Å². The van der Waals surface area contributed by atoms with Crippen molar-refractivity contribution < 1.29 is 14.3 Å². The number of carbonyl (C=O) groups excluding carboxylic acids is 2. The number of halogens is 1. The second-order valence-electron chi connectivity index (χ2n) is 9.63. The van der Waals surface area contributed by atoms with Crippen LogP contribution in [0.4, 0.5) is 0 Å². The van der Waals surface area contributed by atoms with Gasteiger partial charge in [-0.15, -0.1) is 0 Å². The molecule has 184 valence electrons. The zero-order chi connectivity index (χ0) is 24.1. The Balaban J connectivity index is 1.49. The molecule has 2 amide bonds. The number of piperidine rings is 1. The minimum absolute atomic E-state index is 0.0416. The van der Waals surface area contributed by atoms with Crippen molar-refractivity contribution in [2.75, 3.05) is 52.9 Å². The summed E-state index contributed by atoms with van der Waals surface area (Å²) in [4.78, 5) is 36.8. The van der Waals surface area contributed by atoms with E-state index >= 15 is 0 Å². The van der Waals surface area contributed by atoms with Crippen LogP contribution in [0.1, 0.15) is 25.1 Å². The number of hydrogen-bond donors (Lipinski definition) is 0. The lowest BCUT2D eigenvalue weighted by Crippen LogP contribution is -2.53. The number of carbonyl (C=O) groups is 2. The summed E-state index contributed by atoms with van der Waals surface area (Å²) in [6.45, 7) is 6.94. The molecule has 1 aromatic heterocycles. The van der Waals surface area contributed by atoms with Gasteiger partial charge in [-0.1, -0.05) is 17.7 Å². The van der Waals surface area contributed by atoms with E-state index in [0.717, 1.165) is 44.8 Å². The van der Waals surface area contributed by atoms with Crippen LogP contribution < -0.4 is 4.74 Å². The van der Waals surface area contributed by atoms with Crippen LogP contribution in [0.15, 0.2) is 36.7 Å². The van der Waals surface area contributed by atoms with E-state index in [4.69, 9.17) is 16.3 Å².